The highest BCUT2D eigenvalue weighted by Crippen LogP contribution is 2.47. The Balaban J connectivity index is 0.821. The van der Waals surface area contributed by atoms with Crippen molar-refractivity contribution < 1.29 is 33.8 Å². The third-order valence-electron chi connectivity index (χ3n) is 9.83. The van der Waals surface area contributed by atoms with E-state index in [4.69, 9.17) is 9.47 Å². The minimum Gasteiger partial charge on any atom is -0.508 e. The van der Waals surface area contributed by atoms with Crippen molar-refractivity contribution in [3.63, 3.8) is 0 Å². The molecule has 0 radical (unpaired) electrons. The zero-order chi connectivity index (χ0) is 36.6. The monoisotopic (exact) mass is 794 g/mol. The van der Waals surface area contributed by atoms with Gasteiger partial charge in [-0.2, -0.15) is 0 Å². The first kappa shape index (κ1) is 34.8. The summed E-state index contributed by atoms with van der Waals surface area (Å²) in [6.45, 7) is 4.67. The summed E-state index contributed by atoms with van der Waals surface area (Å²) in [6, 6.07) is 25.3. The van der Waals surface area contributed by atoms with Crippen molar-refractivity contribution in [1.82, 2.24) is 15.1 Å². The van der Waals surface area contributed by atoms with E-state index >= 15 is 0 Å². The number of hydrogen-bond acceptors (Lipinski definition) is 10. The quantitative estimate of drug-likeness (QED) is 0.116. The first-order valence-corrected chi connectivity index (χ1v) is 19.1. The number of benzene rings is 4. The standard InChI is InChI=1S/C40H35BrN4O7S/c41-25-4-2-24(3-5-25)37-36(31-13-7-27(46)23-34(31)53-37)52-29-10-8-28(9-11-29)51-21-1-16-43-17-19-44(20-18-43)26-6-12-30-32(22-26)40(50)45(39(30)49)33-14-15-35(47)42-38(33)48/h2-13,22-23,33,46H,1,14-21H2,(H,42,47,48). The second-order valence-electron chi connectivity index (χ2n) is 13.2. The maximum Gasteiger partial charge on any atom is 0.262 e. The van der Waals surface area contributed by atoms with Crippen molar-refractivity contribution in [2.24, 2.45) is 0 Å². The number of rotatable bonds is 10. The number of nitrogens with one attached hydrogen (secondary N) is 1. The van der Waals surface area contributed by atoms with Crippen LogP contribution in [0.3, 0.4) is 0 Å². The molecule has 8 rings (SSSR count). The van der Waals surface area contributed by atoms with Crippen LogP contribution in [0.25, 0.3) is 20.5 Å². The molecule has 1 aromatic heterocycles. The number of phenolic OH excluding ortho intramolecular Hbond substituents is 1. The molecule has 1 unspecified atom stereocenters. The molecule has 3 aliphatic rings. The fourth-order valence-electron chi connectivity index (χ4n) is 7.04. The summed E-state index contributed by atoms with van der Waals surface area (Å²) in [7, 11) is 0. The average Bonchev–Trinajstić information content (AvgIpc) is 3.63. The predicted octanol–water partition coefficient (Wildman–Crippen LogP) is 6.82. The lowest BCUT2D eigenvalue weighted by Crippen LogP contribution is -2.54. The highest BCUT2D eigenvalue weighted by molar-refractivity contribution is 9.10. The Hall–Kier alpha value is -5.24. The molecule has 0 saturated carbocycles. The Labute approximate surface area is 317 Å². The van der Waals surface area contributed by atoms with Gasteiger partial charge >= 0.3 is 0 Å². The van der Waals surface area contributed by atoms with Gasteiger partial charge in [-0.15, -0.1) is 11.3 Å². The number of imide groups is 2. The summed E-state index contributed by atoms with van der Waals surface area (Å²) in [6.07, 6.45) is 1.08. The number of ether oxygens (including phenoxy) is 2. The molecular weight excluding hydrogens is 760 g/mol. The summed E-state index contributed by atoms with van der Waals surface area (Å²) in [4.78, 5) is 56.9. The van der Waals surface area contributed by atoms with Gasteiger partial charge in [0, 0.05) is 59.4 Å². The van der Waals surface area contributed by atoms with Crippen LogP contribution in [0.2, 0.25) is 0 Å². The van der Waals surface area contributed by atoms with E-state index in [1.807, 2.05) is 60.7 Å². The molecule has 270 valence electrons. The average molecular weight is 796 g/mol. The summed E-state index contributed by atoms with van der Waals surface area (Å²) >= 11 is 5.09. The molecule has 1 atom stereocenters. The van der Waals surface area contributed by atoms with Crippen molar-refractivity contribution in [2.45, 2.75) is 25.3 Å². The summed E-state index contributed by atoms with van der Waals surface area (Å²) in [5, 5.41) is 13.2. The van der Waals surface area contributed by atoms with Gasteiger partial charge in [-0.25, -0.2) is 0 Å². The molecular formula is C40H35BrN4O7S. The third kappa shape index (κ3) is 7.11. The first-order valence-electron chi connectivity index (χ1n) is 17.5. The number of halogens is 1. The van der Waals surface area contributed by atoms with Crippen molar-refractivity contribution in [3.05, 3.63) is 101 Å². The number of carbonyl (C=O) groups excluding carboxylic acids is 4. The topological polar surface area (TPSA) is 129 Å². The van der Waals surface area contributed by atoms with E-state index in [1.165, 1.54) is 0 Å². The molecule has 11 nitrogen and oxygen atoms in total. The number of amides is 4. The molecule has 5 aromatic rings. The molecule has 2 saturated heterocycles. The normalized spacial score (nSPS) is 17.7. The van der Waals surface area contributed by atoms with Crippen LogP contribution in [-0.2, 0) is 9.59 Å². The van der Waals surface area contributed by atoms with Crippen LogP contribution >= 0.6 is 27.3 Å². The van der Waals surface area contributed by atoms with E-state index in [0.717, 1.165) is 86.2 Å². The maximum absolute atomic E-state index is 13.3. The van der Waals surface area contributed by atoms with Crippen molar-refractivity contribution in [1.29, 1.82) is 0 Å². The summed E-state index contributed by atoms with van der Waals surface area (Å²) < 4.78 is 14.4. The molecule has 0 spiro atoms. The Morgan fingerprint density at radius 3 is 2.32 bits per heavy atom. The van der Waals surface area contributed by atoms with Gasteiger partial charge in [0.25, 0.3) is 11.8 Å². The van der Waals surface area contributed by atoms with Gasteiger partial charge in [-0.1, -0.05) is 28.1 Å². The largest absolute Gasteiger partial charge is 0.508 e. The van der Waals surface area contributed by atoms with Crippen LogP contribution < -0.4 is 19.7 Å². The Kier molecular flexibility index (Phi) is 9.62. The van der Waals surface area contributed by atoms with E-state index < -0.39 is 29.7 Å². The highest BCUT2D eigenvalue weighted by atomic mass is 79.9. The van der Waals surface area contributed by atoms with Crippen LogP contribution in [0.15, 0.2) is 89.4 Å². The predicted molar refractivity (Wildman–Crippen MR) is 205 cm³/mol. The number of nitrogens with zero attached hydrogens (tertiary/aromatic N) is 3. The highest BCUT2D eigenvalue weighted by Gasteiger charge is 2.44. The molecule has 2 N–H and O–H groups in total. The van der Waals surface area contributed by atoms with Gasteiger partial charge in [-0.3, -0.25) is 34.3 Å². The molecule has 3 aliphatic heterocycles. The number of carbonyl (C=O) groups is 4. The number of thiophene rings is 1. The number of phenols is 1. The molecule has 2 fully saturated rings. The number of aromatic hydroxyl groups is 1. The van der Waals surface area contributed by atoms with Crippen molar-refractivity contribution in [3.8, 4) is 33.4 Å². The minimum atomic E-state index is -0.975. The van der Waals surface area contributed by atoms with Gasteiger partial charge in [0.15, 0.2) is 5.75 Å². The number of anilines is 1. The van der Waals surface area contributed by atoms with Crippen LogP contribution in [0.1, 0.15) is 40.0 Å². The van der Waals surface area contributed by atoms with Gasteiger partial charge < -0.3 is 19.5 Å². The van der Waals surface area contributed by atoms with Crippen molar-refractivity contribution >= 4 is 66.7 Å². The number of fused-ring (bicyclic) bond motifs is 2. The molecule has 4 amide bonds. The van der Waals surface area contributed by atoms with Crippen LogP contribution in [0.5, 0.6) is 23.0 Å². The number of hydrogen-bond donors (Lipinski definition) is 2. The first-order chi connectivity index (χ1) is 25.7. The Morgan fingerprint density at radius 2 is 1.57 bits per heavy atom. The summed E-state index contributed by atoms with van der Waals surface area (Å²) in [5.41, 5.74) is 2.47. The van der Waals surface area contributed by atoms with Gasteiger partial charge in [-0.05, 0) is 91.2 Å². The second kappa shape index (κ2) is 14.6. The van der Waals surface area contributed by atoms with E-state index in [2.05, 4.69) is 31.0 Å². The minimum absolute atomic E-state index is 0.0892. The lowest BCUT2D eigenvalue weighted by Gasteiger charge is -2.36. The number of piperazine rings is 1. The number of piperidine rings is 1. The third-order valence-corrected chi connectivity index (χ3v) is 11.5. The fraction of sp³-hybridized carbons (Fsp3) is 0.250. The molecule has 4 aromatic carbocycles. The Bertz CT molecular complexity index is 2230. The van der Waals surface area contributed by atoms with E-state index in [0.29, 0.717) is 17.9 Å². The van der Waals surface area contributed by atoms with E-state index in [-0.39, 0.29) is 24.2 Å². The molecule has 4 heterocycles. The van der Waals surface area contributed by atoms with Gasteiger partial charge in [0.2, 0.25) is 11.8 Å². The van der Waals surface area contributed by atoms with Crippen LogP contribution in [0, 0.1) is 0 Å². The van der Waals surface area contributed by atoms with Gasteiger partial charge in [0.1, 0.15) is 23.3 Å². The molecule has 13 heteroatoms. The van der Waals surface area contributed by atoms with E-state index in [9.17, 15) is 24.3 Å². The fourth-order valence-corrected chi connectivity index (χ4v) is 8.47. The lowest BCUT2D eigenvalue weighted by molar-refractivity contribution is -0.136. The Morgan fingerprint density at radius 1 is 0.830 bits per heavy atom. The molecule has 0 bridgehead atoms. The van der Waals surface area contributed by atoms with Crippen LogP contribution in [-0.4, -0.2) is 83.9 Å². The van der Waals surface area contributed by atoms with E-state index in [1.54, 1.807) is 35.6 Å². The zero-order valence-corrected chi connectivity index (χ0v) is 31.0. The lowest BCUT2D eigenvalue weighted by atomic mass is 10.0. The smallest absolute Gasteiger partial charge is 0.262 e. The maximum atomic E-state index is 13.3. The SMILES string of the molecule is O=C1CCC(N2C(=O)c3ccc(N4CCN(CCCOc5ccc(Oc6c(-c7ccc(Br)cc7)sc7cc(O)ccc67)cc5)CC4)cc3C2=O)C(=O)N1. The van der Waals surface area contributed by atoms with Crippen LogP contribution in [0.4, 0.5) is 5.69 Å². The molecule has 53 heavy (non-hydrogen) atoms. The molecule has 0 aliphatic carbocycles. The summed E-state index contributed by atoms with van der Waals surface area (Å²) in [5.74, 6) is 0.412. The zero-order valence-electron chi connectivity index (χ0n) is 28.5. The second-order valence-corrected chi connectivity index (χ2v) is 15.2. The van der Waals surface area contributed by atoms with Gasteiger partial charge in [0.05, 0.1) is 22.6 Å². The van der Waals surface area contributed by atoms with Crippen molar-refractivity contribution in [2.75, 3.05) is 44.2 Å².